The highest BCUT2D eigenvalue weighted by atomic mass is 32.2. The predicted molar refractivity (Wildman–Crippen MR) is 82.4 cm³/mol. The van der Waals surface area contributed by atoms with Gasteiger partial charge in [-0.25, -0.2) is 0 Å². The first-order valence-corrected chi connectivity index (χ1v) is 7.75. The minimum absolute atomic E-state index is 0.187. The Balaban J connectivity index is 2.00. The first kappa shape index (κ1) is 14.8. The zero-order chi connectivity index (χ0) is 14.4. The van der Waals surface area contributed by atoms with Crippen molar-refractivity contribution in [2.24, 2.45) is 0 Å². The molecule has 106 valence electrons. The third kappa shape index (κ3) is 3.94. The number of carboxylic acids is 1. The monoisotopic (exact) mass is 309 g/mol. The smallest absolute Gasteiger partial charge is 0.304 e. The number of hydrogen-bond acceptors (Lipinski definition) is 4. The Labute approximate surface area is 126 Å². The van der Waals surface area contributed by atoms with Crippen molar-refractivity contribution in [2.75, 3.05) is 11.5 Å². The van der Waals surface area contributed by atoms with E-state index in [0.717, 1.165) is 17.1 Å². The minimum atomic E-state index is -0.762. The van der Waals surface area contributed by atoms with Crippen LogP contribution in [0.3, 0.4) is 0 Å². The van der Waals surface area contributed by atoms with Crippen LogP contribution < -0.4 is 0 Å². The molecule has 1 heterocycles. The number of nitrogens with zero attached hydrogens (tertiary/aromatic N) is 2. The minimum Gasteiger partial charge on any atom is -0.481 e. The fraction of sp³-hybridized carbons (Fsp3) is 0.308. The summed E-state index contributed by atoms with van der Waals surface area (Å²) in [5.74, 6) is 1.47. The Morgan fingerprint density at radius 2 is 2.10 bits per heavy atom. The Kier molecular flexibility index (Phi) is 5.37. The van der Waals surface area contributed by atoms with Crippen LogP contribution in [0.4, 0.5) is 0 Å². The highest BCUT2D eigenvalue weighted by molar-refractivity contribution is 7.99. The molecule has 1 aromatic heterocycles. The second kappa shape index (κ2) is 7.25. The summed E-state index contributed by atoms with van der Waals surface area (Å²) in [6.45, 7) is 0.712. The molecule has 0 aliphatic heterocycles. The standard InChI is InChI=1S/C13H15N3O2S2/c17-11(18)6-8-20-9-7-16-12(14-15-13(16)19)10-4-2-1-3-5-10/h1-5H,6-9H2,(H,15,19)(H,17,18). The molecule has 0 saturated carbocycles. The largest absolute Gasteiger partial charge is 0.481 e. The van der Waals surface area contributed by atoms with Crippen molar-refractivity contribution < 1.29 is 9.90 Å². The lowest BCUT2D eigenvalue weighted by molar-refractivity contribution is -0.136. The maximum Gasteiger partial charge on any atom is 0.304 e. The molecule has 5 nitrogen and oxygen atoms in total. The first-order valence-electron chi connectivity index (χ1n) is 6.18. The van der Waals surface area contributed by atoms with Gasteiger partial charge in [-0.05, 0) is 12.2 Å². The van der Waals surface area contributed by atoms with E-state index in [2.05, 4.69) is 10.2 Å². The summed E-state index contributed by atoms with van der Waals surface area (Å²) in [6.07, 6.45) is 0.187. The number of aliphatic carboxylic acids is 1. The third-order valence-electron chi connectivity index (χ3n) is 2.71. The van der Waals surface area contributed by atoms with Crippen LogP contribution in [-0.4, -0.2) is 37.3 Å². The molecule has 0 bridgehead atoms. The molecule has 2 aromatic rings. The predicted octanol–water partition coefficient (Wildman–Crippen LogP) is 2.82. The number of carboxylic acid groups (broad SMARTS) is 1. The van der Waals surface area contributed by atoms with Gasteiger partial charge < -0.3 is 5.11 Å². The molecule has 7 heteroatoms. The number of benzene rings is 1. The maximum atomic E-state index is 10.4. The van der Waals surface area contributed by atoms with Crippen LogP contribution in [0.5, 0.6) is 0 Å². The van der Waals surface area contributed by atoms with Crippen LogP contribution in [0.1, 0.15) is 6.42 Å². The Morgan fingerprint density at radius 3 is 2.80 bits per heavy atom. The molecule has 0 aliphatic carbocycles. The van der Waals surface area contributed by atoms with Gasteiger partial charge in [-0.2, -0.15) is 16.9 Å². The molecular formula is C13H15N3O2S2. The van der Waals surface area contributed by atoms with Gasteiger partial charge in [0.1, 0.15) is 0 Å². The summed E-state index contributed by atoms with van der Waals surface area (Å²) >= 11 is 6.84. The number of aromatic amines is 1. The van der Waals surface area contributed by atoms with E-state index in [1.807, 2.05) is 34.9 Å². The molecule has 2 N–H and O–H groups in total. The SMILES string of the molecule is O=C(O)CCSCCn1c(-c2ccccc2)n[nH]c1=S. The van der Waals surface area contributed by atoms with Gasteiger partial charge in [0.2, 0.25) is 0 Å². The maximum absolute atomic E-state index is 10.4. The third-order valence-corrected chi connectivity index (χ3v) is 3.99. The van der Waals surface area contributed by atoms with Crippen LogP contribution >= 0.6 is 24.0 Å². The summed E-state index contributed by atoms with van der Waals surface area (Å²) in [6, 6.07) is 9.84. The second-order valence-corrected chi connectivity index (χ2v) is 5.74. The lowest BCUT2D eigenvalue weighted by Gasteiger charge is -2.06. The Morgan fingerprint density at radius 1 is 1.35 bits per heavy atom. The number of rotatable bonds is 7. The van der Waals surface area contributed by atoms with Crippen molar-refractivity contribution in [3.05, 3.63) is 35.1 Å². The number of thioether (sulfide) groups is 1. The van der Waals surface area contributed by atoms with E-state index >= 15 is 0 Å². The fourth-order valence-electron chi connectivity index (χ4n) is 1.75. The van der Waals surface area contributed by atoms with Gasteiger partial charge in [-0.15, -0.1) is 0 Å². The van der Waals surface area contributed by atoms with E-state index in [0.29, 0.717) is 17.1 Å². The molecule has 0 radical (unpaired) electrons. The van der Waals surface area contributed by atoms with Gasteiger partial charge in [0.05, 0.1) is 6.42 Å². The number of aromatic nitrogens is 3. The zero-order valence-corrected chi connectivity index (χ0v) is 12.4. The summed E-state index contributed by atoms with van der Waals surface area (Å²) in [7, 11) is 0. The van der Waals surface area contributed by atoms with E-state index in [4.69, 9.17) is 17.3 Å². The van der Waals surface area contributed by atoms with E-state index < -0.39 is 5.97 Å². The first-order chi connectivity index (χ1) is 9.68. The van der Waals surface area contributed by atoms with Crippen LogP contribution in [0.2, 0.25) is 0 Å². The van der Waals surface area contributed by atoms with Gasteiger partial charge in [-0.1, -0.05) is 30.3 Å². The molecule has 20 heavy (non-hydrogen) atoms. The number of carbonyl (C=O) groups is 1. The van der Waals surface area contributed by atoms with Crippen LogP contribution in [0.25, 0.3) is 11.4 Å². The topological polar surface area (TPSA) is 70.9 Å². The highest BCUT2D eigenvalue weighted by Crippen LogP contribution is 2.17. The lowest BCUT2D eigenvalue weighted by Crippen LogP contribution is -2.04. The summed E-state index contributed by atoms with van der Waals surface area (Å²) < 4.78 is 2.53. The molecule has 0 aliphatic rings. The summed E-state index contributed by atoms with van der Waals surface area (Å²) in [5.41, 5.74) is 1.01. The zero-order valence-electron chi connectivity index (χ0n) is 10.8. The molecule has 1 aromatic carbocycles. The average molecular weight is 309 g/mol. The van der Waals surface area contributed by atoms with E-state index in [1.54, 1.807) is 11.8 Å². The van der Waals surface area contributed by atoms with Crippen molar-refractivity contribution in [3.8, 4) is 11.4 Å². The van der Waals surface area contributed by atoms with Gasteiger partial charge in [0.15, 0.2) is 10.6 Å². The van der Waals surface area contributed by atoms with Gasteiger partial charge >= 0.3 is 5.97 Å². The summed E-state index contributed by atoms with van der Waals surface area (Å²) in [5, 5.41) is 15.6. The highest BCUT2D eigenvalue weighted by Gasteiger charge is 2.08. The number of nitrogens with one attached hydrogen (secondary N) is 1. The summed E-state index contributed by atoms with van der Waals surface area (Å²) in [4.78, 5) is 10.4. The molecule has 0 unspecified atom stereocenters. The Bertz CT molecular complexity index is 622. The Hall–Kier alpha value is -1.60. The number of hydrogen-bond donors (Lipinski definition) is 2. The van der Waals surface area contributed by atoms with Crippen LogP contribution in [-0.2, 0) is 11.3 Å². The average Bonchev–Trinajstić information content (AvgIpc) is 2.80. The van der Waals surface area contributed by atoms with E-state index in [1.165, 1.54) is 0 Å². The van der Waals surface area contributed by atoms with Gasteiger partial charge in [-0.3, -0.25) is 14.5 Å². The number of H-pyrrole nitrogens is 1. The fourth-order valence-corrected chi connectivity index (χ4v) is 2.81. The molecule has 0 amide bonds. The van der Waals surface area contributed by atoms with Crippen molar-refractivity contribution in [3.63, 3.8) is 0 Å². The normalized spacial score (nSPS) is 10.6. The lowest BCUT2D eigenvalue weighted by atomic mass is 10.2. The quantitative estimate of drug-likeness (QED) is 0.608. The molecular weight excluding hydrogens is 294 g/mol. The van der Waals surface area contributed by atoms with Crippen molar-refractivity contribution in [1.29, 1.82) is 0 Å². The molecule has 0 spiro atoms. The molecule has 0 saturated heterocycles. The van der Waals surface area contributed by atoms with E-state index in [9.17, 15) is 4.79 Å². The van der Waals surface area contributed by atoms with Crippen molar-refractivity contribution >= 4 is 29.9 Å². The van der Waals surface area contributed by atoms with Crippen molar-refractivity contribution in [2.45, 2.75) is 13.0 Å². The van der Waals surface area contributed by atoms with Crippen LogP contribution in [0.15, 0.2) is 30.3 Å². The van der Waals surface area contributed by atoms with E-state index in [-0.39, 0.29) is 6.42 Å². The van der Waals surface area contributed by atoms with Gasteiger partial charge in [0, 0.05) is 23.6 Å². The van der Waals surface area contributed by atoms with Crippen LogP contribution in [0, 0.1) is 4.77 Å². The molecule has 0 fully saturated rings. The molecule has 0 atom stereocenters. The van der Waals surface area contributed by atoms with Crippen molar-refractivity contribution in [1.82, 2.24) is 14.8 Å². The second-order valence-electron chi connectivity index (χ2n) is 4.13. The molecule has 2 rings (SSSR count). The van der Waals surface area contributed by atoms with Gasteiger partial charge in [0.25, 0.3) is 0 Å².